The van der Waals surface area contributed by atoms with Crippen LogP contribution in [0.15, 0.2) is 88.2 Å². The fourth-order valence-electron chi connectivity index (χ4n) is 3.72. The maximum Gasteiger partial charge on any atom is 0.285 e. The molecule has 0 N–H and O–H groups in total. The Morgan fingerprint density at radius 1 is 0.941 bits per heavy atom. The summed E-state index contributed by atoms with van der Waals surface area (Å²) >= 11 is 0. The minimum atomic E-state index is -4.12. The Morgan fingerprint density at radius 2 is 1.56 bits per heavy atom. The molecule has 3 rings (SSSR count). The van der Waals surface area contributed by atoms with E-state index in [1.165, 1.54) is 26.4 Å². The normalized spacial score (nSPS) is 13.7. The van der Waals surface area contributed by atoms with Crippen molar-refractivity contribution in [2.75, 3.05) is 20.8 Å². The van der Waals surface area contributed by atoms with E-state index in [-0.39, 0.29) is 10.8 Å². The minimum absolute atomic E-state index is 0.00901. The maximum absolute atomic E-state index is 13.1. The van der Waals surface area contributed by atoms with Gasteiger partial charge < -0.3 is 9.47 Å². The van der Waals surface area contributed by atoms with Crippen LogP contribution in [0.4, 0.5) is 0 Å². The number of methoxy groups -OCH3 is 2. The van der Waals surface area contributed by atoms with Gasteiger partial charge in [-0.25, -0.2) is 0 Å². The number of rotatable bonds is 9. The average Bonchev–Trinajstić information content (AvgIpc) is 2.83. The van der Waals surface area contributed by atoms with Crippen LogP contribution in [0.5, 0.6) is 5.75 Å². The summed E-state index contributed by atoms with van der Waals surface area (Å²) in [6.07, 6.45) is 0. The molecule has 2 atom stereocenters. The number of nitrogens with zero attached hydrogens (tertiary/aromatic N) is 2. The molecule has 0 radical (unpaired) electrons. The number of sulfonamides is 1. The van der Waals surface area contributed by atoms with Crippen LogP contribution >= 0.6 is 0 Å². The third kappa shape index (κ3) is 5.99. The lowest BCUT2D eigenvalue weighted by Crippen LogP contribution is -2.28. The van der Waals surface area contributed by atoms with Gasteiger partial charge in [0.25, 0.3) is 10.0 Å². The standard InChI is InChI=1S/C25H26N2O6S/c1-18-9-15-22(16-10-18)34(30,31)26-25(33-3)24(20-7-5-4-6-8-20)23(17-27(28)29)19-11-13-21(32-2)14-12-19/h4-16,23-24H,17H2,1-3H3/b26-25-/t23-,24+/m0/s1. The Bertz CT molecular complexity index is 1240. The number of hydrogen-bond acceptors (Lipinski definition) is 6. The molecule has 0 aliphatic rings. The Balaban J connectivity index is 2.18. The molecule has 0 aromatic heterocycles. The highest BCUT2D eigenvalue weighted by molar-refractivity contribution is 7.90. The fourth-order valence-corrected chi connectivity index (χ4v) is 4.74. The monoisotopic (exact) mass is 482 g/mol. The third-order valence-electron chi connectivity index (χ3n) is 5.45. The van der Waals surface area contributed by atoms with Gasteiger partial charge in [0.15, 0.2) is 0 Å². The van der Waals surface area contributed by atoms with Crippen LogP contribution in [-0.4, -0.2) is 40.0 Å². The zero-order valence-electron chi connectivity index (χ0n) is 19.1. The van der Waals surface area contributed by atoms with Gasteiger partial charge in [-0.2, -0.15) is 8.42 Å². The van der Waals surface area contributed by atoms with Crippen molar-refractivity contribution in [1.82, 2.24) is 0 Å². The topological polar surface area (TPSA) is 108 Å². The molecule has 0 aliphatic heterocycles. The first kappa shape index (κ1) is 24.9. The summed E-state index contributed by atoms with van der Waals surface area (Å²) in [4.78, 5) is 11.3. The van der Waals surface area contributed by atoms with Crippen LogP contribution in [0.1, 0.15) is 28.5 Å². The number of hydrogen-bond donors (Lipinski definition) is 0. The molecule has 0 spiro atoms. The second kappa shape index (κ2) is 10.9. The smallest absolute Gasteiger partial charge is 0.285 e. The van der Waals surface area contributed by atoms with Gasteiger partial charge in [0.1, 0.15) is 5.75 Å². The van der Waals surface area contributed by atoms with Crippen molar-refractivity contribution in [2.45, 2.75) is 23.7 Å². The molecule has 0 heterocycles. The molecule has 0 bridgehead atoms. The van der Waals surface area contributed by atoms with Gasteiger partial charge in [-0.15, -0.1) is 4.40 Å². The van der Waals surface area contributed by atoms with Crippen LogP contribution in [0.25, 0.3) is 0 Å². The van der Waals surface area contributed by atoms with E-state index in [0.717, 1.165) is 5.56 Å². The summed E-state index contributed by atoms with van der Waals surface area (Å²) in [5.41, 5.74) is 2.18. The van der Waals surface area contributed by atoms with Crippen molar-refractivity contribution in [1.29, 1.82) is 0 Å². The number of nitro groups is 1. The molecule has 0 fully saturated rings. The van der Waals surface area contributed by atoms with E-state index in [9.17, 15) is 18.5 Å². The second-order valence-corrected chi connectivity index (χ2v) is 9.31. The number of aryl methyl sites for hydroxylation is 1. The van der Waals surface area contributed by atoms with Crippen LogP contribution in [0.2, 0.25) is 0 Å². The lowest BCUT2D eigenvalue weighted by atomic mass is 9.81. The van der Waals surface area contributed by atoms with Gasteiger partial charge in [-0.05, 0) is 42.3 Å². The van der Waals surface area contributed by atoms with Gasteiger partial charge in [-0.1, -0.05) is 60.2 Å². The first-order valence-corrected chi connectivity index (χ1v) is 12.0. The van der Waals surface area contributed by atoms with E-state index in [4.69, 9.17) is 9.47 Å². The Labute approximate surface area is 199 Å². The SMILES string of the molecule is CO/C(=N\S(=O)(=O)c1ccc(C)cc1)[C@H](c1ccccc1)[C@@H](C[N+](=O)[O-])c1ccc(OC)cc1. The zero-order valence-corrected chi connectivity index (χ0v) is 19.9. The molecular formula is C25H26N2O6S. The molecule has 178 valence electrons. The summed E-state index contributed by atoms with van der Waals surface area (Å²) in [7, 11) is -1.28. The second-order valence-electron chi connectivity index (χ2n) is 7.71. The van der Waals surface area contributed by atoms with Crippen LogP contribution in [0, 0.1) is 17.0 Å². The molecule has 0 saturated carbocycles. The molecule has 0 saturated heterocycles. The zero-order chi connectivity index (χ0) is 24.7. The van der Waals surface area contributed by atoms with Gasteiger partial charge in [0, 0.05) is 4.92 Å². The van der Waals surface area contributed by atoms with E-state index in [1.807, 2.05) is 13.0 Å². The first-order valence-electron chi connectivity index (χ1n) is 10.5. The molecule has 0 amide bonds. The van der Waals surface area contributed by atoms with Crippen LogP contribution in [-0.2, 0) is 14.8 Å². The quantitative estimate of drug-likeness (QED) is 0.191. The largest absolute Gasteiger partial charge is 0.497 e. The van der Waals surface area contributed by atoms with Gasteiger partial charge in [-0.3, -0.25) is 10.1 Å². The summed E-state index contributed by atoms with van der Waals surface area (Å²) in [6, 6.07) is 22.1. The lowest BCUT2D eigenvalue weighted by molar-refractivity contribution is -0.483. The first-order chi connectivity index (χ1) is 16.2. The van der Waals surface area contributed by atoms with Gasteiger partial charge in [0.2, 0.25) is 12.4 Å². The van der Waals surface area contributed by atoms with Crippen molar-refractivity contribution >= 4 is 15.9 Å². The molecular weight excluding hydrogens is 456 g/mol. The Hall–Kier alpha value is -3.72. The van der Waals surface area contributed by atoms with E-state index < -0.39 is 33.3 Å². The summed E-state index contributed by atoms with van der Waals surface area (Å²) in [5.74, 6) is -1.11. The number of benzene rings is 3. The molecule has 3 aromatic carbocycles. The van der Waals surface area contributed by atoms with Crippen molar-refractivity contribution < 1.29 is 22.8 Å². The minimum Gasteiger partial charge on any atom is -0.497 e. The molecule has 0 unspecified atom stereocenters. The third-order valence-corrected chi connectivity index (χ3v) is 6.74. The predicted octanol–water partition coefficient (Wildman–Crippen LogP) is 4.58. The fraction of sp³-hybridized carbons (Fsp3) is 0.240. The van der Waals surface area contributed by atoms with Crippen molar-refractivity contribution in [3.8, 4) is 5.75 Å². The van der Waals surface area contributed by atoms with Crippen LogP contribution < -0.4 is 4.74 Å². The van der Waals surface area contributed by atoms with Crippen molar-refractivity contribution in [2.24, 2.45) is 4.40 Å². The van der Waals surface area contributed by atoms with E-state index in [1.54, 1.807) is 60.7 Å². The molecule has 34 heavy (non-hydrogen) atoms. The van der Waals surface area contributed by atoms with E-state index >= 15 is 0 Å². The molecule has 8 nitrogen and oxygen atoms in total. The van der Waals surface area contributed by atoms with Crippen LogP contribution in [0.3, 0.4) is 0 Å². The molecule has 9 heteroatoms. The predicted molar refractivity (Wildman–Crippen MR) is 130 cm³/mol. The highest BCUT2D eigenvalue weighted by Crippen LogP contribution is 2.36. The summed E-state index contributed by atoms with van der Waals surface area (Å²) in [6.45, 7) is 1.39. The Kier molecular flexibility index (Phi) is 8.01. The van der Waals surface area contributed by atoms with Gasteiger partial charge in [0.05, 0.1) is 31.0 Å². The summed E-state index contributed by atoms with van der Waals surface area (Å²) in [5, 5.41) is 11.7. The molecule has 3 aromatic rings. The Morgan fingerprint density at radius 3 is 2.09 bits per heavy atom. The van der Waals surface area contributed by atoms with E-state index in [2.05, 4.69) is 4.40 Å². The molecule has 0 aliphatic carbocycles. The van der Waals surface area contributed by atoms with Crippen molar-refractivity contribution in [3.05, 3.63) is 106 Å². The maximum atomic E-state index is 13.1. The lowest BCUT2D eigenvalue weighted by Gasteiger charge is -2.26. The number of ether oxygens (including phenoxy) is 2. The van der Waals surface area contributed by atoms with Crippen molar-refractivity contribution in [3.63, 3.8) is 0 Å². The van der Waals surface area contributed by atoms with Gasteiger partial charge >= 0.3 is 0 Å². The van der Waals surface area contributed by atoms with E-state index in [0.29, 0.717) is 16.9 Å². The average molecular weight is 483 g/mol. The highest BCUT2D eigenvalue weighted by Gasteiger charge is 2.35. The summed E-state index contributed by atoms with van der Waals surface area (Å²) < 4.78 is 40.9. The highest BCUT2D eigenvalue weighted by atomic mass is 32.2.